The lowest BCUT2D eigenvalue weighted by Crippen LogP contribution is -2.36. The van der Waals surface area contributed by atoms with Crippen LogP contribution in [0.2, 0.25) is 0 Å². The van der Waals surface area contributed by atoms with Crippen LogP contribution in [0, 0.1) is 5.41 Å². The van der Waals surface area contributed by atoms with E-state index in [2.05, 4.69) is 11.9 Å². The van der Waals surface area contributed by atoms with Crippen LogP contribution in [0.1, 0.15) is 13.8 Å². The Balaban J connectivity index is 3.57. The van der Waals surface area contributed by atoms with Gasteiger partial charge < -0.3 is 20.3 Å². The average Bonchev–Trinajstić information content (AvgIpc) is 2.39. The van der Waals surface area contributed by atoms with Gasteiger partial charge in [0.2, 0.25) is 0 Å². The molecule has 0 aliphatic heterocycles. The van der Waals surface area contributed by atoms with Crippen LogP contribution < -0.4 is 5.32 Å². The second kappa shape index (κ2) is 9.74. The highest BCUT2D eigenvalue weighted by Gasteiger charge is 2.24. The maximum atomic E-state index is 11.3. The Labute approximate surface area is 113 Å². The minimum absolute atomic E-state index is 0.0706. The normalized spacial score (nSPS) is 11.2. The molecular formula is C12H23NO6. The first-order chi connectivity index (χ1) is 8.93. The van der Waals surface area contributed by atoms with Crippen LogP contribution in [0.4, 0.5) is 4.79 Å². The lowest BCUT2D eigenvalue weighted by atomic mass is 9.95. The Morgan fingerprint density at radius 1 is 1.32 bits per heavy atom. The van der Waals surface area contributed by atoms with Gasteiger partial charge in [-0.15, -0.1) is 0 Å². The largest absolute Gasteiger partial charge is 0.449 e. The molecule has 112 valence electrons. The molecule has 0 fully saturated rings. The third-order valence-electron chi connectivity index (χ3n) is 2.16. The maximum absolute atomic E-state index is 11.3. The number of nitrogens with one attached hydrogen (secondary N) is 1. The van der Waals surface area contributed by atoms with Gasteiger partial charge in [-0.3, -0.25) is 0 Å². The van der Waals surface area contributed by atoms with Gasteiger partial charge >= 0.3 is 6.09 Å². The van der Waals surface area contributed by atoms with Gasteiger partial charge in [0.1, 0.15) is 13.2 Å². The van der Waals surface area contributed by atoms with Gasteiger partial charge in [-0.1, -0.05) is 19.1 Å². The van der Waals surface area contributed by atoms with Crippen molar-refractivity contribution in [2.45, 2.75) is 13.8 Å². The Morgan fingerprint density at radius 2 is 1.95 bits per heavy atom. The van der Waals surface area contributed by atoms with E-state index in [1.54, 1.807) is 13.8 Å². The van der Waals surface area contributed by atoms with Gasteiger partial charge in [-0.25, -0.2) is 14.6 Å². The Bertz CT molecular complexity index is 277. The first-order valence-electron chi connectivity index (χ1n) is 5.94. The van der Waals surface area contributed by atoms with E-state index in [0.29, 0.717) is 6.61 Å². The van der Waals surface area contributed by atoms with Crippen molar-refractivity contribution in [3.8, 4) is 0 Å². The summed E-state index contributed by atoms with van der Waals surface area (Å²) in [5.41, 5.74) is -0.00186. The number of hydrogen-bond acceptors (Lipinski definition) is 6. The van der Waals surface area contributed by atoms with E-state index < -0.39 is 11.5 Å². The van der Waals surface area contributed by atoms with E-state index in [-0.39, 0.29) is 33.0 Å². The second-order valence-electron chi connectivity index (χ2n) is 4.67. The minimum Gasteiger partial charge on any atom is -0.449 e. The van der Waals surface area contributed by atoms with Crippen LogP contribution in [-0.2, 0) is 14.5 Å². The molecule has 7 heteroatoms. The van der Waals surface area contributed by atoms with E-state index in [9.17, 15) is 4.79 Å². The summed E-state index contributed by atoms with van der Waals surface area (Å²) in [7, 11) is 0. The molecule has 0 saturated carbocycles. The van der Waals surface area contributed by atoms with E-state index >= 15 is 0 Å². The first kappa shape index (κ1) is 17.8. The molecule has 0 radical (unpaired) electrons. The molecule has 0 unspecified atom stereocenters. The lowest BCUT2D eigenvalue weighted by Gasteiger charge is -2.23. The molecule has 0 rings (SSSR count). The topological polar surface area (TPSA) is 97.3 Å². The molecule has 0 atom stereocenters. The van der Waals surface area contributed by atoms with E-state index in [1.807, 2.05) is 0 Å². The standard InChI is InChI=1S/C12H23NO6/c1-10(2)6-19-18-5-4-13-11(16)17-9-12(3,7-14)8-15/h14-15H,1,4-9H2,2-3H3,(H,13,16). The van der Waals surface area contributed by atoms with Crippen molar-refractivity contribution in [2.75, 3.05) is 39.6 Å². The highest BCUT2D eigenvalue weighted by Crippen LogP contribution is 2.14. The predicted molar refractivity (Wildman–Crippen MR) is 68.3 cm³/mol. The third-order valence-corrected chi connectivity index (χ3v) is 2.16. The molecule has 0 aliphatic carbocycles. The zero-order chi connectivity index (χ0) is 14.7. The van der Waals surface area contributed by atoms with Crippen LogP contribution in [0.15, 0.2) is 12.2 Å². The van der Waals surface area contributed by atoms with Crippen LogP contribution in [-0.4, -0.2) is 55.9 Å². The molecule has 1 amide bonds. The Kier molecular flexibility index (Phi) is 9.15. The Hall–Kier alpha value is -1.15. The number of ether oxygens (including phenoxy) is 1. The van der Waals surface area contributed by atoms with Crippen molar-refractivity contribution in [2.24, 2.45) is 5.41 Å². The number of carbonyl (C=O) groups is 1. The van der Waals surface area contributed by atoms with Gasteiger partial charge in [-0.05, 0) is 6.92 Å². The summed E-state index contributed by atoms with van der Waals surface area (Å²) in [5, 5.41) is 20.4. The molecule has 0 bridgehead atoms. The predicted octanol–water partition coefficient (Wildman–Crippen LogP) is 0.228. The summed E-state index contributed by atoms with van der Waals surface area (Å²) in [6.45, 7) is 7.14. The van der Waals surface area contributed by atoms with Crippen LogP contribution >= 0.6 is 0 Å². The van der Waals surface area contributed by atoms with Gasteiger partial charge in [0, 0.05) is 12.0 Å². The number of alkyl carbamates (subject to hydrolysis) is 1. The fourth-order valence-electron chi connectivity index (χ4n) is 0.828. The highest BCUT2D eigenvalue weighted by molar-refractivity contribution is 5.67. The number of aliphatic hydroxyl groups is 2. The zero-order valence-electron chi connectivity index (χ0n) is 11.5. The quantitative estimate of drug-likeness (QED) is 0.229. The zero-order valence-corrected chi connectivity index (χ0v) is 11.5. The van der Waals surface area contributed by atoms with Crippen LogP contribution in [0.5, 0.6) is 0 Å². The molecule has 3 N–H and O–H groups in total. The summed E-state index contributed by atoms with van der Waals surface area (Å²) in [4.78, 5) is 20.8. The van der Waals surface area contributed by atoms with Crippen molar-refractivity contribution in [1.82, 2.24) is 5.32 Å². The number of aliphatic hydroxyl groups excluding tert-OH is 2. The molecule has 0 aromatic rings. The SMILES string of the molecule is C=C(C)COOCCNC(=O)OCC(C)(CO)CO. The molecule has 19 heavy (non-hydrogen) atoms. The molecule has 0 heterocycles. The van der Waals surface area contributed by atoms with Crippen LogP contribution in [0.3, 0.4) is 0 Å². The fourth-order valence-corrected chi connectivity index (χ4v) is 0.828. The Morgan fingerprint density at radius 3 is 2.47 bits per heavy atom. The first-order valence-corrected chi connectivity index (χ1v) is 5.94. The van der Waals surface area contributed by atoms with Crippen molar-refractivity contribution < 1.29 is 29.5 Å². The van der Waals surface area contributed by atoms with Gasteiger partial charge in [0.15, 0.2) is 0 Å². The molecule has 0 spiro atoms. The number of rotatable bonds is 10. The van der Waals surface area contributed by atoms with Crippen molar-refractivity contribution in [3.05, 3.63) is 12.2 Å². The van der Waals surface area contributed by atoms with Gasteiger partial charge in [0.25, 0.3) is 0 Å². The van der Waals surface area contributed by atoms with E-state index in [0.717, 1.165) is 5.57 Å². The average molecular weight is 277 g/mol. The van der Waals surface area contributed by atoms with E-state index in [1.165, 1.54) is 0 Å². The molecular weight excluding hydrogens is 254 g/mol. The third kappa shape index (κ3) is 9.43. The molecule has 7 nitrogen and oxygen atoms in total. The van der Waals surface area contributed by atoms with Crippen molar-refractivity contribution in [3.63, 3.8) is 0 Å². The fraction of sp³-hybridized carbons (Fsp3) is 0.750. The summed E-state index contributed by atoms with van der Waals surface area (Å²) < 4.78 is 4.85. The molecule has 0 aliphatic rings. The molecule has 0 aromatic carbocycles. The van der Waals surface area contributed by atoms with E-state index in [4.69, 9.17) is 24.7 Å². The maximum Gasteiger partial charge on any atom is 0.407 e. The van der Waals surface area contributed by atoms with Gasteiger partial charge in [-0.2, -0.15) is 0 Å². The second-order valence-corrected chi connectivity index (χ2v) is 4.67. The lowest BCUT2D eigenvalue weighted by molar-refractivity contribution is -0.286. The number of carbonyl (C=O) groups excluding carboxylic acids is 1. The van der Waals surface area contributed by atoms with Gasteiger partial charge in [0.05, 0.1) is 19.8 Å². The summed E-state index contributed by atoms with van der Waals surface area (Å²) in [6, 6.07) is 0. The molecule has 0 aromatic heterocycles. The van der Waals surface area contributed by atoms with Crippen LogP contribution in [0.25, 0.3) is 0 Å². The smallest absolute Gasteiger partial charge is 0.407 e. The van der Waals surface area contributed by atoms with Crippen molar-refractivity contribution >= 4 is 6.09 Å². The number of hydrogen-bond donors (Lipinski definition) is 3. The number of amides is 1. The highest BCUT2D eigenvalue weighted by atomic mass is 17.2. The summed E-state index contributed by atoms with van der Waals surface area (Å²) in [5.74, 6) is 0. The van der Waals surface area contributed by atoms with Crippen molar-refractivity contribution in [1.29, 1.82) is 0 Å². The minimum atomic E-state index is -0.835. The monoisotopic (exact) mass is 277 g/mol. The summed E-state index contributed by atoms with van der Waals surface area (Å²) >= 11 is 0. The summed E-state index contributed by atoms with van der Waals surface area (Å²) in [6.07, 6.45) is -0.642. The molecule has 0 saturated heterocycles.